The van der Waals surface area contributed by atoms with Gasteiger partial charge in [-0.1, -0.05) is 12.1 Å². The number of hydrogen-bond donors (Lipinski definition) is 2. The summed E-state index contributed by atoms with van der Waals surface area (Å²) in [6.07, 6.45) is 1.54. The van der Waals surface area contributed by atoms with Crippen molar-refractivity contribution in [2.45, 2.75) is 18.9 Å². The molecule has 3 N–H and O–H groups in total. The van der Waals surface area contributed by atoms with Crippen LogP contribution in [0, 0.1) is 0 Å². The normalized spacial score (nSPS) is 15.5. The third-order valence-corrected chi connectivity index (χ3v) is 4.29. The van der Waals surface area contributed by atoms with Crippen LogP contribution in [-0.4, -0.2) is 53.2 Å². The Morgan fingerprint density at radius 1 is 1.29 bits per heavy atom. The summed E-state index contributed by atoms with van der Waals surface area (Å²) in [7, 11) is 0. The lowest BCUT2D eigenvalue weighted by Gasteiger charge is -2.32. The van der Waals surface area contributed by atoms with Crippen molar-refractivity contribution in [1.82, 2.24) is 14.5 Å². The molecule has 0 spiro atoms. The summed E-state index contributed by atoms with van der Waals surface area (Å²) < 4.78 is 7.02. The van der Waals surface area contributed by atoms with Gasteiger partial charge in [0, 0.05) is 25.7 Å². The van der Waals surface area contributed by atoms with E-state index in [9.17, 15) is 9.59 Å². The minimum Gasteiger partial charge on any atom is -0.370 e. The van der Waals surface area contributed by atoms with Gasteiger partial charge < -0.3 is 20.4 Å². The minimum absolute atomic E-state index is 0. The van der Waals surface area contributed by atoms with Crippen LogP contribution in [-0.2, 0) is 9.53 Å². The lowest BCUT2D eigenvalue weighted by atomic mass is 10.0. The van der Waals surface area contributed by atoms with Crippen LogP contribution in [0.3, 0.4) is 0 Å². The number of carbonyl (C=O) groups excluding carboxylic acids is 1. The van der Waals surface area contributed by atoms with E-state index in [1.54, 1.807) is 4.90 Å². The summed E-state index contributed by atoms with van der Waals surface area (Å²) in [4.78, 5) is 28.9. The average molecular weight is 355 g/mol. The number of H-pyrrole nitrogens is 1. The summed E-state index contributed by atoms with van der Waals surface area (Å²) in [6.45, 7) is 2.17. The van der Waals surface area contributed by atoms with Gasteiger partial charge in [-0.3, -0.25) is 9.36 Å². The van der Waals surface area contributed by atoms with Gasteiger partial charge in [0.1, 0.15) is 6.61 Å². The van der Waals surface area contributed by atoms with Crippen LogP contribution in [0.4, 0.5) is 0 Å². The Morgan fingerprint density at radius 2 is 2.00 bits per heavy atom. The number of ether oxygens (including phenoxy) is 1. The topological polar surface area (TPSA) is 93.3 Å². The van der Waals surface area contributed by atoms with Crippen molar-refractivity contribution in [3.8, 4) is 0 Å². The Kier molecular flexibility index (Phi) is 6.42. The number of fused-ring (bicyclic) bond motifs is 1. The number of aromatic amines is 1. The third kappa shape index (κ3) is 3.80. The number of nitrogens with one attached hydrogen (secondary N) is 1. The van der Waals surface area contributed by atoms with Crippen molar-refractivity contribution < 1.29 is 9.53 Å². The van der Waals surface area contributed by atoms with Crippen LogP contribution in [0.2, 0.25) is 0 Å². The predicted molar refractivity (Wildman–Crippen MR) is 94.5 cm³/mol. The van der Waals surface area contributed by atoms with Crippen molar-refractivity contribution in [1.29, 1.82) is 0 Å². The Labute approximate surface area is 146 Å². The maximum atomic E-state index is 12.2. The smallest absolute Gasteiger partial charge is 0.326 e. The summed E-state index contributed by atoms with van der Waals surface area (Å²) in [5, 5.41) is 0. The summed E-state index contributed by atoms with van der Waals surface area (Å²) in [5.74, 6) is -0.0110. The molecule has 24 heavy (non-hydrogen) atoms. The minimum atomic E-state index is -0.0812. The number of para-hydroxylation sites is 2. The molecule has 1 amide bonds. The highest BCUT2D eigenvalue weighted by Gasteiger charge is 2.25. The number of hydrogen-bond acceptors (Lipinski definition) is 4. The van der Waals surface area contributed by atoms with Crippen LogP contribution < -0.4 is 11.4 Å². The van der Waals surface area contributed by atoms with Gasteiger partial charge in [0.15, 0.2) is 0 Å². The van der Waals surface area contributed by atoms with E-state index in [0.29, 0.717) is 26.2 Å². The molecule has 2 heterocycles. The number of carbonyl (C=O) groups is 1. The zero-order valence-corrected chi connectivity index (χ0v) is 14.3. The van der Waals surface area contributed by atoms with Crippen molar-refractivity contribution in [2.75, 3.05) is 32.8 Å². The monoisotopic (exact) mass is 354 g/mol. The second kappa shape index (κ2) is 8.32. The largest absolute Gasteiger partial charge is 0.370 e. The van der Waals surface area contributed by atoms with Crippen LogP contribution in [0.5, 0.6) is 0 Å². The highest BCUT2D eigenvalue weighted by molar-refractivity contribution is 5.85. The highest BCUT2D eigenvalue weighted by atomic mass is 35.5. The van der Waals surface area contributed by atoms with Crippen molar-refractivity contribution in [3.05, 3.63) is 34.7 Å². The molecule has 0 bridgehead atoms. The molecule has 1 aromatic carbocycles. The molecule has 0 saturated carbocycles. The van der Waals surface area contributed by atoms with Gasteiger partial charge in [-0.05, 0) is 25.0 Å². The first-order valence-electron chi connectivity index (χ1n) is 7.95. The first-order chi connectivity index (χ1) is 11.2. The summed E-state index contributed by atoms with van der Waals surface area (Å²) >= 11 is 0. The fraction of sp³-hybridized carbons (Fsp3) is 0.500. The Hall–Kier alpha value is -1.83. The fourth-order valence-corrected chi connectivity index (χ4v) is 3.14. The molecule has 0 radical (unpaired) electrons. The van der Waals surface area contributed by atoms with Crippen LogP contribution >= 0.6 is 12.4 Å². The number of likely N-dealkylation sites (tertiary alicyclic amines) is 1. The molecule has 7 nitrogen and oxygen atoms in total. The molecule has 3 rings (SSSR count). The van der Waals surface area contributed by atoms with Gasteiger partial charge in [-0.15, -0.1) is 12.4 Å². The van der Waals surface area contributed by atoms with Gasteiger partial charge in [-0.2, -0.15) is 0 Å². The Balaban J connectivity index is 0.00000208. The summed E-state index contributed by atoms with van der Waals surface area (Å²) in [6, 6.07) is 7.81. The molecule has 0 aliphatic carbocycles. The number of halogens is 1. The number of piperidine rings is 1. The van der Waals surface area contributed by atoms with E-state index >= 15 is 0 Å². The number of amides is 1. The van der Waals surface area contributed by atoms with E-state index in [-0.39, 0.29) is 36.7 Å². The molecule has 1 aliphatic rings. The van der Waals surface area contributed by atoms with E-state index in [1.807, 2.05) is 28.8 Å². The van der Waals surface area contributed by atoms with E-state index in [4.69, 9.17) is 10.5 Å². The van der Waals surface area contributed by atoms with Crippen molar-refractivity contribution in [2.24, 2.45) is 5.73 Å². The van der Waals surface area contributed by atoms with Gasteiger partial charge in [0.25, 0.3) is 0 Å². The number of nitrogens with two attached hydrogens (primary N) is 1. The first-order valence-corrected chi connectivity index (χ1v) is 7.95. The van der Waals surface area contributed by atoms with E-state index in [0.717, 1.165) is 23.9 Å². The van der Waals surface area contributed by atoms with E-state index < -0.39 is 0 Å². The molecular formula is C16H23ClN4O3. The number of aromatic nitrogens is 2. The predicted octanol–water partition coefficient (Wildman–Crippen LogP) is 0.890. The average Bonchev–Trinajstić information content (AvgIpc) is 2.91. The molecule has 1 saturated heterocycles. The highest BCUT2D eigenvalue weighted by Crippen LogP contribution is 2.24. The molecule has 1 fully saturated rings. The zero-order valence-electron chi connectivity index (χ0n) is 13.4. The van der Waals surface area contributed by atoms with E-state index in [2.05, 4.69) is 4.98 Å². The number of imidazole rings is 1. The molecule has 1 aliphatic heterocycles. The second-order valence-electron chi connectivity index (χ2n) is 5.77. The maximum Gasteiger partial charge on any atom is 0.326 e. The Morgan fingerprint density at radius 3 is 2.71 bits per heavy atom. The third-order valence-electron chi connectivity index (χ3n) is 4.29. The zero-order chi connectivity index (χ0) is 16.2. The van der Waals surface area contributed by atoms with Crippen LogP contribution in [0.15, 0.2) is 29.1 Å². The number of benzene rings is 1. The number of nitrogens with zero attached hydrogens (tertiary/aromatic N) is 2. The number of rotatable bonds is 5. The molecule has 8 heteroatoms. The molecule has 0 atom stereocenters. The molecule has 2 aromatic rings. The maximum absolute atomic E-state index is 12.2. The van der Waals surface area contributed by atoms with Crippen molar-refractivity contribution >= 4 is 29.3 Å². The molecule has 132 valence electrons. The van der Waals surface area contributed by atoms with Gasteiger partial charge >= 0.3 is 5.69 Å². The van der Waals surface area contributed by atoms with E-state index in [1.165, 1.54) is 0 Å². The lowest BCUT2D eigenvalue weighted by molar-refractivity contribution is -0.137. The second-order valence-corrected chi connectivity index (χ2v) is 5.77. The van der Waals surface area contributed by atoms with Crippen LogP contribution in [0.1, 0.15) is 18.9 Å². The first kappa shape index (κ1) is 18.5. The quantitative estimate of drug-likeness (QED) is 0.780. The standard InChI is InChI=1S/C16H22N4O3.ClH/c17-7-10-23-11-15(21)19-8-5-12(6-9-19)20-14-4-2-1-3-13(14)18-16(20)22;/h1-4,12H,5-11,17H2,(H,18,22);1H. The fourth-order valence-electron chi connectivity index (χ4n) is 3.14. The molecule has 1 aromatic heterocycles. The molecule has 0 unspecified atom stereocenters. The van der Waals surface area contributed by atoms with Gasteiger partial charge in [0.2, 0.25) is 5.91 Å². The Bertz CT molecular complexity index is 734. The molecular weight excluding hydrogens is 332 g/mol. The SMILES string of the molecule is Cl.NCCOCC(=O)N1CCC(n2c(=O)[nH]c3ccccc32)CC1. The lowest BCUT2D eigenvalue weighted by Crippen LogP contribution is -2.42. The van der Waals surface area contributed by atoms with Crippen LogP contribution in [0.25, 0.3) is 11.0 Å². The van der Waals surface area contributed by atoms with Gasteiger partial charge in [0.05, 0.1) is 17.6 Å². The van der Waals surface area contributed by atoms with Crippen molar-refractivity contribution in [3.63, 3.8) is 0 Å². The van der Waals surface area contributed by atoms with Gasteiger partial charge in [-0.25, -0.2) is 4.79 Å². The summed E-state index contributed by atoms with van der Waals surface area (Å²) in [5.41, 5.74) is 7.04.